The first kappa shape index (κ1) is 15.9. The molecule has 1 aromatic heterocycles. The summed E-state index contributed by atoms with van der Waals surface area (Å²) >= 11 is 0. The molecule has 1 aromatic carbocycles. The first-order chi connectivity index (χ1) is 9.78. The molecule has 0 fully saturated rings. The Bertz CT molecular complexity index is 509. The second-order valence-corrected chi connectivity index (χ2v) is 3.91. The van der Waals surface area contributed by atoms with Gasteiger partial charge in [0.05, 0.1) is 12.7 Å². The van der Waals surface area contributed by atoms with E-state index in [-0.39, 0.29) is 12.6 Å². The second kappa shape index (κ2) is 8.85. The van der Waals surface area contributed by atoms with Crippen molar-refractivity contribution >= 4 is 5.97 Å². The quantitative estimate of drug-likeness (QED) is 0.787. The van der Waals surface area contributed by atoms with Crippen LogP contribution in [0.15, 0.2) is 36.5 Å². The highest BCUT2D eigenvalue weighted by Crippen LogP contribution is 2.03. The zero-order chi connectivity index (χ0) is 14.8. The van der Waals surface area contributed by atoms with Crippen molar-refractivity contribution in [2.75, 3.05) is 0 Å². The first-order valence-corrected chi connectivity index (χ1v) is 6.86. The molecule has 5 nitrogen and oxygen atoms in total. The van der Waals surface area contributed by atoms with E-state index in [2.05, 4.69) is 10.3 Å². The van der Waals surface area contributed by atoms with Crippen molar-refractivity contribution < 1.29 is 9.53 Å². The van der Waals surface area contributed by atoms with Crippen LogP contribution in [-0.4, -0.2) is 21.0 Å². The van der Waals surface area contributed by atoms with E-state index in [4.69, 9.17) is 4.74 Å². The Balaban J connectivity index is 0.000000956. The van der Waals surface area contributed by atoms with Gasteiger partial charge in [-0.2, -0.15) is 0 Å². The highest BCUT2D eigenvalue weighted by molar-refractivity contribution is 5.68. The summed E-state index contributed by atoms with van der Waals surface area (Å²) in [7, 11) is 0. The van der Waals surface area contributed by atoms with Crippen LogP contribution in [0.5, 0.6) is 0 Å². The molecule has 108 valence electrons. The Labute approximate surface area is 119 Å². The second-order valence-electron chi connectivity index (χ2n) is 3.91. The molecule has 0 saturated heterocycles. The molecular formula is C15H21N3O2. The lowest BCUT2D eigenvalue weighted by molar-refractivity contribution is -0.144. The fraction of sp³-hybridized carbons (Fsp3) is 0.400. The average molecular weight is 275 g/mol. The molecule has 0 amide bonds. The molecule has 0 aliphatic carbocycles. The number of carbonyl (C=O) groups is 1. The number of carbonyl (C=O) groups excluding carboxylic acids is 1. The number of aromatic nitrogens is 3. The van der Waals surface area contributed by atoms with Gasteiger partial charge >= 0.3 is 5.97 Å². The third kappa shape index (κ3) is 5.22. The Hall–Kier alpha value is -2.17. The van der Waals surface area contributed by atoms with Crippen LogP contribution in [0.4, 0.5) is 0 Å². The van der Waals surface area contributed by atoms with Crippen LogP contribution < -0.4 is 0 Å². The molecule has 0 N–H and O–H groups in total. The minimum absolute atomic E-state index is 0.182. The van der Waals surface area contributed by atoms with Crippen LogP contribution in [0, 0.1) is 0 Å². The normalized spacial score (nSPS) is 9.55. The molecule has 0 radical (unpaired) electrons. The largest absolute Gasteiger partial charge is 0.459 e. The highest BCUT2D eigenvalue weighted by Gasteiger charge is 2.04. The van der Waals surface area contributed by atoms with Crippen molar-refractivity contribution in [1.29, 1.82) is 0 Å². The van der Waals surface area contributed by atoms with Gasteiger partial charge in [0.2, 0.25) is 0 Å². The van der Waals surface area contributed by atoms with Crippen LogP contribution in [0.2, 0.25) is 0 Å². The number of esters is 1. The molecule has 0 spiro atoms. The summed E-state index contributed by atoms with van der Waals surface area (Å²) in [5, 5.41) is 7.94. The van der Waals surface area contributed by atoms with Gasteiger partial charge in [-0.15, -0.1) is 5.10 Å². The van der Waals surface area contributed by atoms with Crippen LogP contribution in [0.3, 0.4) is 0 Å². The van der Waals surface area contributed by atoms with Gasteiger partial charge in [-0.3, -0.25) is 4.79 Å². The fourth-order valence-electron chi connectivity index (χ4n) is 1.51. The summed E-state index contributed by atoms with van der Waals surface area (Å²) in [5.41, 5.74) is 1.81. The van der Waals surface area contributed by atoms with Gasteiger partial charge in [0.15, 0.2) is 0 Å². The topological polar surface area (TPSA) is 57.0 Å². The average Bonchev–Trinajstić information content (AvgIpc) is 2.95. The summed E-state index contributed by atoms with van der Waals surface area (Å²) in [6.07, 6.45) is 2.16. The van der Waals surface area contributed by atoms with E-state index < -0.39 is 0 Å². The Morgan fingerprint density at radius 2 is 1.95 bits per heavy atom. The molecule has 0 aliphatic heterocycles. The van der Waals surface area contributed by atoms with E-state index in [1.54, 1.807) is 17.8 Å². The predicted octanol–water partition coefficient (Wildman–Crippen LogP) is 2.81. The number of ether oxygens (including phenoxy) is 1. The number of benzene rings is 1. The SMILES string of the molecule is CC.CCC(=O)OCc1cn(Cc2ccccc2)nn1. The maximum absolute atomic E-state index is 11.0. The van der Waals surface area contributed by atoms with Gasteiger partial charge in [0.1, 0.15) is 12.3 Å². The van der Waals surface area contributed by atoms with Crippen molar-refractivity contribution in [2.45, 2.75) is 40.3 Å². The maximum Gasteiger partial charge on any atom is 0.305 e. The first-order valence-electron chi connectivity index (χ1n) is 6.86. The highest BCUT2D eigenvalue weighted by atomic mass is 16.5. The molecule has 2 rings (SSSR count). The van der Waals surface area contributed by atoms with Crippen molar-refractivity contribution in [3.8, 4) is 0 Å². The zero-order valence-electron chi connectivity index (χ0n) is 12.2. The summed E-state index contributed by atoms with van der Waals surface area (Å²) in [6.45, 7) is 6.60. The van der Waals surface area contributed by atoms with Crippen molar-refractivity contribution in [1.82, 2.24) is 15.0 Å². The minimum Gasteiger partial charge on any atom is -0.459 e. The number of nitrogens with zero attached hydrogens (tertiary/aromatic N) is 3. The van der Waals surface area contributed by atoms with E-state index in [0.29, 0.717) is 18.7 Å². The maximum atomic E-state index is 11.0. The van der Waals surface area contributed by atoms with Gasteiger partial charge in [-0.1, -0.05) is 56.3 Å². The lowest BCUT2D eigenvalue weighted by Crippen LogP contribution is -2.02. The van der Waals surface area contributed by atoms with E-state index in [0.717, 1.165) is 5.56 Å². The molecule has 0 saturated carbocycles. The number of hydrogen-bond acceptors (Lipinski definition) is 4. The van der Waals surface area contributed by atoms with Gasteiger partial charge in [0, 0.05) is 6.42 Å². The van der Waals surface area contributed by atoms with Crippen molar-refractivity contribution in [2.24, 2.45) is 0 Å². The van der Waals surface area contributed by atoms with E-state index in [9.17, 15) is 4.79 Å². The molecule has 20 heavy (non-hydrogen) atoms. The van der Waals surface area contributed by atoms with Crippen LogP contribution in [0.1, 0.15) is 38.4 Å². The van der Waals surface area contributed by atoms with Crippen LogP contribution in [-0.2, 0) is 22.7 Å². The van der Waals surface area contributed by atoms with Gasteiger partial charge in [0.25, 0.3) is 0 Å². The Kier molecular flexibility index (Phi) is 7.03. The van der Waals surface area contributed by atoms with E-state index >= 15 is 0 Å². The summed E-state index contributed by atoms with van der Waals surface area (Å²) < 4.78 is 6.71. The Morgan fingerprint density at radius 1 is 1.25 bits per heavy atom. The van der Waals surface area contributed by atoms with E-state index in [1.807, 2.05) is 44.2 Å². The lowest BCUT2D eigenvalue weighted by Gasteiger charge is -2.00. The predicted molar refractivity (Wildman–Crippen MR) is 77.0 cm³/mol. The van der Waals surface area contributed by atoms with E-state index in [1.165, 1.54) is 0 Å². The Morgan fingerprint density at radius 3 is 2.60 bits per heavy atom. The molecule has 2 aromatic rings. The molecule has 0 aliphatic rings. The summed E-state index contributed by atoms with van der Waals surface area (Å²) in [5.74, 6) is -0.229. The molecule has 0 bridgehead atoms. The minimum atomic E-state index is -0.229. The molecule has 5 heteroatoms. The molecular weight excluding hydrogens is 254 g/mol. The van der Waals surface area contributed by atoms with Gasteiger partial charge in [-0.05, 0) is 5.56 Å². The number of rotatable bonds is 5. The van der Waals surface area contributed by atoms with Crippen LogP contribution >= 0.6 is 0 Å². The standard InChI is InChI=1S/C13H15N3O2.C2H6/c1-2-13(17)18-10-12-9-16(15-14-12)8-11-6-4-3-5-7-11;1-2/h3-7,9H,2,8,10H2,1H3;1-2H3. The van der Waals surface area contributed by atoms with Crippen molar-refractivity contribution in [3.05, 3.63) is 47.8 Å². The van der Waals surface area contributed by atoms with Gasteiger partial charge in [-0.25, -0.2) is 4.68 Å². The molecule has 0 atom stereocenters. The fourth-order valence-corrected chi connectivity index (χ4v) is 1.51. The lowest BCUT2D eigenvalue weighted by atomic mass is 10.2. The zero-order valence-corrected chi connectivity index (χ0v) is 12.2. The molecule has 1 heterocycles. The summed E-state index contributed by atoms with van der Waals surface area (Å²) in [6, 6.07) is 9.99. The third-order valence-corrected chi connectivity index (χ3v) is 2.44. The summed E-state index contributed by atoms with van der Waals surface area (Å²) in [4.78, 5) is 11.0. The van der Waals surface area contributed by atoms with Gasteiger partial charge < -0.3 is 4.74 Å². The van der Waals surface area contributed by atoms with Crippen molar-refractivity contribution in [3.63, 3.8) is 0 Å². The number of hydrogen-bond donors (Lipinski definition) is 0. The molecule has 0 unspecified atom stereocenters. The third-order valence-electron chi connectivity index (χ3n) is 2.44. The van der Waals surface area contributed by atoms with Crippen LogP contribution in [0.25, 0.3) is 0 Å². The smallest absolute Gasteiger partial charge is 0.305 e. The monoisotopic (exact) mass is 275 g/mol.